The molecule has 0 unspecified atom stereocenters. The molecule has 0 atom stereocenters. The largest absolute Gasteiger partial charge is 0.489 e. The van der Waals surface area contributed by atoms with Gasteiger partial charge in [-0.3, -0.25) is 4.79 Å². The number of carbonyl (C=O) groups is 1. The van der Waals surface area contributed by atoms with Crippen molar-refractivity contribution in [1.29, 1.82) is 5.26 Å². The fraction of sp³-hybridized carbons (Fsp3) is 0.0833. The van der Waals surface area contributed by atoms with Crippen LogP contribution in [0.4, 0.5) is 18.9 Å². The van der Waals surface area contributed by atoms with Crippen molar-refractivity contribution in [3.63, 3.8) is 0 Å². The Morgan fingerprint density at radius 3 is 2.34 bits per heavy atom. The highest BCUT2D eigenvalue weighted by molar-refractivity contribution is 6.31. The van der Waals surface area contributed by atoms with Gasteiger partial charge in [-0.15, -0.1) is 0 Å². The maximum atomic E-state index is 13.1. The molecule has 0 bridgehead atoms. The lowest BCUT2D eigenvalue weighted by molar-refractivity contribution is -0.137. The van der Waals surface area contributed by atoms with E-state index in [0.29, 0.717) is 16.3 Å². The Morgan fingerprint density at radius 1 is 1.03 bits per heavy atom. The van der Waals surface area contributed by atoms with Crippen LogP contribution >= 0.6 is 11.6 Å². The molecule has 4 nitrogen and oxygen atoms in total. The van der Waals surface area contributed by atoms with E-state index in [0.717, 1.165) is 17.7 Å². The Hall–Kier alpha value is -3.76. The van der Waals surface area contributed by atoms with Crippen LogP contribution in [-0.2, 0) is 17.6 Å². The highest BCUT2D eigenvalue weighted by Crippen LogP contribution is 2.34. The molecule has 0 saturated carbocycles. The summed E-state index contributed by atoms with van der Waals surface area (Å²) in [7, 11) is 0. The van der Waals surface area contributed by atoms with Gasteiger partial charge in [0, 0.05) is 10.6 Å². The number of nitriles is 1. The first-order chi connectivity index (χ1) is 15.3. The normalized spacial score (nSPS) is 11.5. The lowest BCUT2D eigenvalue weighted by Gasteiger charge is -2.13. The van der Waals surface area contributed by atoms with Crippen molar-refractivity contribution >= 4 is 29.3 Å². The topological polar surface area (TPSA) is 62.1 Å². The Balaban J connectivity index is 1.71. The summed E-state index contributed by atoms with van der Waals surface area (Å²) in [4.78, 5) is 12.4. The van der Waals surface area contributed by atoms with Crippen LogP contribution in [-0.4, -0.2) is 5.91 Å². The zero-order valence-electron chi connectivity index (χ0n) is 16.5. The van der Waals surface area contributed by atoms with Gasteiger partial charge in [0.2, 0.25) is 0 Å². The van der Waals surface area contributed by atoms with E-state index in [4.69, 9.17) is 16.3 Å². The van der Waals surface area contributed by atoms with E-state index in [1.807, 2.05) is 18.2 Å². The van der Waals surface area contributed by atoms with Gasteiger partial charge in [0.1, 0.15) is 24.0 Å². The molecule has 1 N–H and O–H groups in total. The SMILES string of the molecule is N#C/C(=C\c1ccc(OCc2ccccc2Cl)cc1)C(=O)Nc1ccccc1C(F)(F)F. The average Bonchev–Trinajstić information content (AvgIpc) is 2.77. The zero-order valence-corrected chi connectivity index (χ0v) is 17.2. The monoisotopic (exact) mass is 456 g/mol. The first-order valence-electron chi connectivity index (χ1n) is 9.33. The minimum absolute atomic E-state index is 0.263. The molecule has 0 fully saturated rings. The molecule has 0 aromatic heterocycles. The first-order valence-corrected chi connectivity index (χ1v) is 9.71. The Labute approximate surface area is 187 Å². The third-order valence-electron chi connectivity index (χ3n) is 4.39. The number of anilines is 1. The third-order valence-corrected chi connectivity index (χ3v) is 4.76. The summed E-state index contributed by atoms with van der Waals surface area (Å²) < 4.78 is 45.0. The number of nitrogens with zero attached hydrogens (tertiary/aromatic N) is 1. The average molecular weight is 457 g/mol. The zero-order chi connectivity index (χ0) is 23.1. The molecule has 3 aromatic carbocycles. The van der Waals surface area contributed by atoms with Crippen molar-refractivity contribution in [3.05, 3.63) is 100 Å². The van der Waals surface area contributed by atoms with Crippen LogP contribution in [0.1, 0.15) is 16.7 Å². The van der Waals surface area contributed by atoms with E-state index in [1.165, 1.54) is 18.2 Å². The fourth-order valence-corrected chi connectivity index (χ4v) is 2.97. The minimum Gasteiger partial charge on any atom is -0.489 e. The van der Waals surface area contributed by atoms with Crippen molar-refractivity contribution < 1.29 is 22.7 Å². The van der Waals surface area contributed by atoms with Crippen LogP contribution in [0.15, 0.2) is 78.4 Å². The first kappa shape index (κ1) is 22.9. The molecular formula is C24H16ClF3N2O2. The number of nitrogens with one attached hydrogen (secondary N) is 1. The van der Waals surface area contributed by atoms with E-state index >= 15 is 0 Å². The van der Waals surface area contributed by atoms with Gasteiger partial charge in [-0.2, -0.15) is 18.4 Å². The molecule has 0 aliphatic heterocycles. The summed E-state index contributed by atoms with van der Waals surface area (Å²) in [6, 6.07) is 20.1. The van der Waals surface area contributed by atoms with Crippen molar-refractivity contribution in [2.45, 2.75) is 12.8 Å². The lowest BCUT2D eigenvalue weighted by Crippen LogP contribution is -2.17. The second-order valence-electron chi connectivity index (χ2n) is 6.62. The van der Waals surface area contributed by atoms with E-state index in [1.54, 1.807) is 36.4 Å². The highest BCUT2D eigenvalue weighted by atomic mass is 35.5. The molecule has 0 aliphatic rings. The summed E-state index contributed by atoms with van der Waals surface area (Å²) in [6.45, 7) is 0.263. The predicted molar refractivity (Wildman–Crippen MR) is 116 cm³/mol. The quantitative estimate of drug-likeness (QED) is 0.341. The molecule has 0 heterocycles. The maximum absolute atomic E-state index is 13.1. The second kappa shape index (κ2) is 10.0. The van der Waals surface area contributed by atoms with Gasteiger partial charge in [-0.05, 0) is 42.0 Å². The standard InChI is InChI=1S/C24H16ClF3N2O2/c25-21-7-3-1-5-17(21)15-32-19-11-9-16(10-12-19)13-18(14-29)23(31)30-22-8-4-2-6-20(22)24(26,27)28/h1-13H,15H2,(H,30,31)/b18-13+. The summed E-state index contributed by atoms with van der Waals surface area (Å²) in [5.41, 5.74) is -0.432. The van der Waals surface area contributed by atoms with Crippen LogP contribution in [0.5, 0.6) is 5.75 Å². The van der Waals surface area contributed by atoms with Crippen molar-refractivity contribution in [3.8, 4) is 11.8 Å². The second-order valence-corrected chi connectivity index (χ2v) is 7.02. The molecule has 0 radical (unpaired) electrons. The molecule has 0 aliphatic carbocycles. The summed E-state index contributed by atoms with van der Waals surface area (Å²) >= 11 is 6.09. The van der Waals surface area contributed by atoms with Crippen molar-refractivity contribution in [2.75, 3.05) is 5.32 Å². The summed E-state index contributed by atoms with van der Waals surface area (Å²) in [5, 5.41) is 12.1. The van der Waals surface area contributed by atoms with Crippen molar-refractivity contribution in [1.82, 2.24) is 0 Å². The Kier molecular flexibility index (Phi) is 7.18. The molecular weight excluding hydrogens is 441 g/mol. The molecule has 1 amide bonds. The molecule has 3 rings (SSSR count). The number of rotatable bonds is 6. The van der Waals surface area contributed by atoms with E-state index in [9.17, 15) is 23.2 Å². The number of benzene rings is 3. The summed E-state index contributed by atoms with van der Waals surface area (Å²) in [6.07, 6.45) is -3.36. The number of halogens is 4. The van der Waals surface area contributed by atoms with Gasteiger partial charge >= 0.3 is 6.18 Å². The van der Waals surface area contributed by atoms with Crippen molar-refractivity contribution in [2.24, 2.45) is 0 Å². The fourth-order valence-electron chi connectivity index (χ4n) is 2.78. The number of amides is 1. The van der Waals surface area contributed by atoms with E-state index in [-0.39, 0.29) is 12.2 Å². The molecule has 0 saturated heterocycles. The Bertz CT molecular complexity index is 1180. The van der Waals surface area contributed by atoms with Gasteiger partial charge in [-0.1, -0.05) is 54.1 Å². The van der Waals surface area contributed by atoms with Crippen LogP contribution in [0.25, 0.3) is 6.08 Å². The van der Waals surface area contributed by atoms with Crippen LogP contribution in [0.3, 0.4) is 0 Å². The van der Waals surface area contributed by atoms with Gasteiger partial charge in [-0.25, -0.2) is 0 Å². The van der Waals surface area contributed by atoms with E-state index in [2.05, 4.69) is 5.32 Å². The lowest BCUT2D eigenvalue weighted by atomic mass is 10.1. The van der Waals surface area contributed by atoms with Gasteiger partial charge in [0.05, 0.1) is 11.3 Å². The van der Waals surface area contributed by atoms with Crippen LogP contribution in [0, 0.1) is 11.3 Å². The number of hydrogen-bond donors (Lipinski definition) is 1. The number of para-hydroxylation sites is 1. The maximum Gasteiger partial charge on any atom is 0.418 e. The van der Waals surface area contributed by atoms with Crippen LogP contribution in [0.2, 0.25) is 5.02 Å². The number of carbonyl (C=O) groups excluding carboxylic acids is 1. The number of hydrogen-bond acceptors (Lipinski definition) is 3. The molecule has 32 heavy (non-hydrogen) atoms. The highest BCUT2D eigenvalue weighted by Gasteiger charge is 2.33. The van der Waals surface area contributed by atoms with Crippen LogP contribution < -0.4 is 10.1 Å². The number of alkyl halides is 3. The van der Waals surface area contributed by atoms with Gasteiger partial charge < -0.3 is 10.1 Å². The molecule has 8 heteroatoms. The Morgan fingerprint density at radius 2 is 1.69 bits per heavy atom. The smallest absolute Gasteiger partial charge is 0.418 e. The van der Waals surface area contributed by atoms with E-state index < -0.39 is 23.3 Å². The molecule has 162 valence electrons. The minimum atomic E-state index is -4.64. The van der Waals surface area contributed by atoms with Gasteiger partial charge in [0.15, 0.2) is 0 Å². The predicted octanol–water partition coefficient (Wildman–Crippen LogP) is 6.48. The number of ether oxygens (including phenoxy) is 1. The summed E-state index contributed by atoms with van der Waals surface area (Å²) in [5.74, 6) is -0.396. The van der Waals surface area contributed by atoms with Gasteiger partial charge in [0.25, 0.3) is 5.91 Å². The molecule has 0 spiro atoms. The molecule has 3 aromatic rings. The third kappa shape index (κ3) is 5.90.